The van der Waals surface area contributed by atoms with Crippen molar-refractivity contribution in [3.63, 3.8) is 0 Å². The average Bonchev–Trinajstić information content (AvgIpc) is 2.89. The molecule has 2 aromatic heterocycles. The van der Waals surface area contributed by atoms with Crippen LogP contribution in [0.15, 0.2) is 46.2 Å². The van der Waals surface area contributed by atoms with Crippen LogP contribution in [0.5, 0.6) is 0 Å². The summed E-state index contributed by atoms with van der Waals surface area (Å²) in [7, 11) is -1.83. The monoisotopic (exact) mass is 426 g/mol. The fraction of sp³-hybridized carbons (Fsp3) is 0.200. The molecular weight excluding hydrogens is 412 g/mol. The summed E-state index contributed by atoms with van der Waals surface area (Å²) >= 11 is 4.97. The molecule has 0 bridgehead atoms. The molecule has 0 N–H and O–H groups in total. The van der Waals surface area contributed by atoms with Crippen LogP contribution in [0, 0.1) is 0 Å². The van der Waals surface area contributed by atoms with Crippen LogP contribution in [0.1, 0.15) is 0 Å². The molecule has 126 valence electrons. The van der Waals surface area contributed by atoms with Gasteiger partial charge in [-0.2, -0.15) is 0 Å². The summed E-state index contributed by atoms with van der Waals surface area (Å²) in [5, 5.41) is 5.16. The molecular formula is C15H15BrN4O2S2. The molecule has 0 aliphatic carbocycles. The molecule has 6 nitrogen and oxygen atoms in total. The van der Waals surface area contributed by atoms with Crippen molar-refractivity contribution in [1.29, 1.82) is 0 Å². The number of para-hydroxylation sites is 1. The Labute approximate surface area is 153 Å². The van der Waals surface area contributed by atoms with Gasteiger partial charge in [0.15, 0.2) is 0 Å². The Hall–Kier alpha value is -1.58. The van der Waals surface area contributed by atoms with Crippen LogP contribution in [-0.4, -0.2) is 42.6 Å². The molecule has 0 atom stereocenters. The summed E-state index contributed by atoms with van der Waals surface area (Å²) in [5.41, 5.74) is 2.98. The topological polar surface area (TPSA) is 67.6 Å². The molecule has 1 aromatic carbocycles. The van der Waals surface area contributed by atoms with Crippen LogP contribution in [0.3, 0.4) is 0 Å². The van der Waals surface area contributed by atoms with Crippen molar-refractivity contribution < 1.29 is 8.42 Å². The number of anilines is 1. The van der Waals surface area contributed by atoms with Gasteiger partial charge in [-0.05, 0) is 34.3 Å². The van der Waals surface area contributed by atoms with E-state index in [9.17, 15) is 8.42 Å². The Balaban J connectivity index is 2.29. The van der Waals surface area contributed by atoms with Crippen LogP contribution < -0.4 is 4.31 Å². The molecule has 3 aromatic rings. The first kappa shape index (κ1) is 17.2. The standard InChI is InChI=1S/C15H15BrN4O2S2/c1-19(24(3,21)22)12-7-5-4-6-10(12)13-8-11(16)14-9-17-15(23-2)18-20(13)14/h4-9H,1-3H3. The van der Waals surface area contributed by atoms with Gasteiger partial charge in [0, 0.05) is 17.1 Å². The highest BCUT2D eigenvalue weighted by atomic mass is 79.9. The van der Waals surface area contributed by atoms with Crippen molar-refractivity contribution in [1.82, 2.24) is 14.6 Å². The predicted molar refractivity (Wildman–Crippen MR) is 101 cm³/mol. The highest BCUT2D eigenvalue weighted by Crippen LogP contribution is 2.35. The molecule has 24 heavy (non-hydrogen) atoms. The van der Waals surface area contributed by atoms with Crippen LogP contribution in [0.25, 0.3) is 16.8 Å². The summed E-state index contributed by atoms with van der Waals surface area (Å²) < 4.78 is 27.8. The van der Waals surface area contributed by atoms with E-state index in [1.807, 2.05) is 30.5 Å². The highest BCUT2D eigenvalue weighted by Gasteiger charge is 2.20. The van der Waals surface area contributed by atoms with E-state index in [0.29, 0.717) is 10.8 Å². The molecule has 2 heterocycles. The van der Waals surface area contributed by atoms with E-state index < -0.39 is 10.0 Å². The summed E-state index contributed by atoms with van der Waals surface area (Å²) in [5.74, 6) is 0. The first-order valence-electron chi connectivity index (χ1n) is 6.94. The van der Waals surface area contributed by atoms with Crippen LogP contribution in [0.2, 0.25) is 0 Å². The number of nitrogens with zero attached hydrogens (tertiary/aromatic N) is 4. The fourth-order valence-corrected chi connectivity index (χ4v) is 3.69. The maximum Gasteiger partial charge on any atom is 0.232 e. The van der Waals surface area contributed by atoms with Gasteiger partial charge in [-0.15, -0.1) is 5.10 Å². The lowest BCUT2D eigenvalue weighted by molar-refractivity contribution is 0.600. The average molecular weight is 427 g/mol. The zero-order valence-electron chi connectivity index (χ0n) is 13.3. The molecule has 0 fully saturated rings. The maximum atomic E-state index is 12.0. The zero-order valence-corrected chi connectivity index (χ0v) is 16.5. The normalized spacial score (nSPS) is 11.8. The third kappa shape index (κ3) is 3.03. The number of hydrogen-bond acceptors (Lipinski definition) is 5. The lowest BCUT2D eigenvalue weighted by Crippen LogP contribution is -2.25. The Morgan fingerprint density at radius 2 is 2.00 bits per heavy atom. The molecule has 0 saturated carbocycles. The molecule has 0 aliphatic rings. The second-order valence-corrected chi connectivity index (χ2v) is 8.81. The number of sulfonamides is 1. The van der Waals surface area contributed by atoms with E-state index in [2.05, 4.69) is 26.0 Å². The van der Waals surface area contributed by atoms with E-state index >= 15 is 0 Å². The lowest BCUT2D eigenvalue weighted by Gasteiger charge is -2.20. The van der Waals surface area contributed by atoms with Gasteiger partial charge in [-0.25, -0.2) is 17.9 Å². The fourth-order valence-electron chi connectivity index (χ4n) is 2.37. The molecule has 0 spiro atoms. The minimum Gasteiger partial charge on any atom is -0.273 e. The number of thioether (sulfide) groups is 1. The van der Waals surface area contributed by atoms with Crippen molar-refractivity contribution in [3.05, 3.63) is 41.0 Å². The van der Waals surface area contributed by atoms with Crippen molar-refractivity contribution >= 4 is 48.9 Å². The van der Waals surface area contributed by atoms with Crippen molar-refractivity contribution in [2.24, 2.45) is 0 Å². The molecule has 0 unspecified atom stereocenters. The maximum absolute atomic E-state index is 12.0. The van der Waals surface area contributed by atoms with Gasteiger partial charge < -0.3 is 0 Å². The molecule has 9 heteroatoms. The predicted octanol–water partition coefficient (Wildman–Crippen LogP) is 3.28. The van der Waals surface area contributed by atoms with Gasteiger partial charge in [0.1, 0.15) is 0 Å². The second-order valence-electron chi connectivity index (χ2n) is 5.17. The van der Waals surface area contributed by atoms with E-state index in [-0.39, 0.29) is 0 Å². The minimum atomic E-state index is -3.37. The second kappa shape index (κ2) is 6.38. The third-order valence-corrected chi connectivity index (χ3v) is 6.03. The number of aromatic nitrogens is 3. The molecule has 0 amide bonds. The van der Waals surface area contributed by atoms with Crippen LogP contribution in [-0.2, 0) is 10.0 Å². The first-order valence-corrected chi connectivity index (χ1v) is 10.8. The van der Waals surface area contributed by atoms with Gasteiger partial charge in [0.05, 0.1) is 29.4 Å². The minimum absolute atomic E-state index is 0.594. The summed E-state index contributed by atoms with van der Waals surface area (Å²) in [6, 6.07) is 9.27. The Morgan fingerprint density at radius 1 is 1.29 bits per heavy atom. The Bertz CT molecular complexity index is 1020. The van der Waals surface area contributed by atoms with Crippen molar-refractivity contribution in [2.75, 3.05) is 23.9 Å². The van der Waals surface area contributed by atoms with Gasteiger partial charge in [-0.3, -0.25) is 4.31 Å². The smallest absolute Gasteiger partial charge is 0.232 e. The highest BCUT2D eigenvalue weighted by molar-refractivity contribution is 9.10. The van der Waals surface area contributed by atoms with Crippen molar-refractivity contribution in [3.8, 4) is 11.3 Å². The van der Waals surface area contributed by atoms with E-state index in [1.165, 1.54) is 22.3 Å². The van der Waals surface area contributed by atoms with E-state index in [0.717, 1.165) is 21.2 Å². The first-order chi connectivity index (χ1) is 11.3. The summed E-state index contributed by atoms with van der Waals surface area (Å²) in [6.07, 6.45) is 4.84. The van der Waals surface area contributed by atoms with E-state index in [4.69, 9.17) is 0 Å². The van der Waals surface area contributed by atoms with Crippen LogP contribution in [0.4, 0.5) is 5.69 Å². The van der Waals surface area contributed by atoms with Gasteiger partial charge in [-0.1, -0.05) is 30.0 Å². The number of halogens is 1. The number of benzene rings is 1. The number of hydrogen-bond donors (Lipinski definition) is 0. The van der Waals surface area contributed by atoms with E-state index in [1.54, 1.807) is 23.8 Å². The quantitative estimate of drug-likeness (QED) is 0.598. The van der Waals surface area contributed by atoms with Gasteiger partial charge >= 0.3 is 0 Å². The largest absolute Gasteiger partial charge is 0.273 e. The SMILES string of the molecule is CSc1ncc2c(Br)cc(-c3ccccc3N(C)S(C)(=O)=O)n2n1. The molecule has 3 rings (SSSR count). The summed E-state index contributed by atoms with van der Waals surface area (Å²) in [4.78, 5) is 4.28. The Morgan fingerprint density at radius 3 is 2.67 bits per heavy atom. The van der Waals surface area contributed by atoms with Gasteiger partial charge in [0.25, 0.3) is 0 Å². The lowest BCUT2D eigenvalue weighted by atomic mass is 10.1. The third-order valence-electron chi connectivity index (χ3n) is 3.65. The van der Waals surface area contributed by atoms with Crippen molar-refractivity contribution in [2.45, 2.75) is 5.16 Å². The zero-order chi connectivity index (χ0) is 17.5. The molecule has 0 radical (unpaired) electrons. The Kier molecular flexibility index (Phi) is 4.58. The van der Waals surface area contributed by atoms with Crippen LogP contribution >= 0.6 is 27.7 Å². The van der Waals surface area contributed by atoms with Gasteiger partial charge in [0.2, 0.25) is 15.2 Å². The number of rotatable bonds is 4. The number of fused-ring (bicyclic) bond motifs is 1. The molecule has 0 saturated heterocycles. The molecule has 0 aliphatic heterocycles. The summed E-state index contributed by atoms with van der Waals surface area (Å²) in [6.45, 7) is 0.